The molecule has 0 aliphatic heterocycles. The third kappa shape index (κ3) is 6.39. The van der Waals surface area contributed by atoms with Crippen LogP contribution in [0.4, 0.5) is 4.39 Å². The smallest absolute Gasteiger partial charge is 0.123 e. The first-order chi connectivity index (χ1) is 7.87. The molecule has 0 unspecified atom stereocenters. The second-order valence-corrected chi connectivity index (χ2v) is 5.46. The molecule has 0 aliphatic rings. The zero-order chi connectivity index (χ0) is 12.9. The molecule has 0 saturated carbocycles. The lowest BCUT2D eigenvalue weighted by atomic mass is 10.00. The van der Waals surface area contributed by atoms with Crippen molar-refractivity contribution in [3.63, 3.8) is 0 Å². The van der Waals surface area contributed by atoms with Crippen molar-refractivity contribution in [3.8, 4) is 0 Å². The average molecular weight is 238 g/mol. The van der Waals surface area contributed by atoms with Crippen molar-refractivity contribution in [3.05, 3.63) is 35.6 Å². The van der Waals surface area contributed by atoms with Crippen LogP contribution < -0.4 is 5.73 Å². The largest absolute Gasteiger partial charge is 0.326 e. The van der Waals surface area contributed by atoms with Crippen molar-refractivity contribution < 1.29 is 4.39 Å². The van der Waals surface area contributed by atoms with Gasteiger partial charge in [0.15, 0.2) is 0 Å². The van der Waals surface area contributed by atoms with E-state index in [1.54, 1.807) is 12.1 Å². The molecule has 96 valence electrons. The summed E-state index contributed by atoms with van der Waals surface area (Å²) in [5, 5.41) is 0. The molecule has 0 aliphatic carbocycles. The summed E-state index contributed by atoms with van der Waals surface area (Å²) < 4.78 is 13.0. The molecule has 0 radical (unpaired) electrons. The van der Waals surface area contributed by atoms with Gasteiger partial charge in [-0.25, -0.2) is 4.39 Å². The van der Waals surface area contributed by atoms with Crippen LogP contribution in [-0.4, -0.2) is 24.0 Å². The van der Waals surface area contributed by atoms with Crippen LogP contribution in [0.25, 0.3) is 0 Å². The molecule has 0 bridgehead atoms. The Morgan fingerprint density at radius 2 is 2.06 bits per heavy atom. The van der Waals surface area contributed by atoms with Crippen molar-refractivity contribution in [2.75, 3.05) is 13.6 Å². The topological polar surface area (TPSA) is 29.3 Å². The molecular weight excluding hydrogens is 215 g/mol. The number of halogens is 1. The molecule has 0 amide bonds. The third-order valence-corrected chi connectivity index (χ3v) is 2.70. The first-order valence-electron chi connectivity index (χ1n) is 6.09. The summed E-state index contributed by atoms with van der Waals surface area (Å²) in [6.45, 7) is 5.85. The fourth-order valence-electron chi connectivity index (χ4n) is 1.83. The molecule has 2 N–H and O–H groups in total. The highest BCUT2D eigenvalue weighted by Gasteiger charge is 2.10. The predicted molar refractivity (Wildman–Crippen MR) is 70.2 cm³/mol. The van der Waals surface area contributed by atoms with E-state index in [1.165, 1.54) is 6.07 Å². The highest BCUT2D eigenvalue weighted by Crippen LogP contribution is 2.10. The molecule has 0 fully saturated rings. The molecular formula is C14H23FN2. The van der Waals surface area contributed by atoms with E-state index >= 15 is 0 Å². The quantitative estimate of drug-likeness (QED) is 0.825. The Hall–Kier alpha value is -0.930. The van der Waals surface area contributed by atoms with E-state index in [0.29, 0.717) is 0 Å². The van der Waals surface area contributed by atoms with Crippen LogP contribution in [0.5, 0.6) is 0 Å². The van der Waals surface area contributed by atoms with Gasteiger partial charge in [-0.1, -0.05) is 12.1 Å². The van der Waals surface area contributed by atoms with E-state index in [9.17, 15) is 4.39 Å². The molecule has 0 atom stereocenters. The van der Waals surface area contributed by atoms with E-state index in [-0.39, 0.29) is 11.4 Å². The molecule has 0 heterocycles. The number of hydrogen-bond donors (Lipinski definition) is 1. The van der Waals surface area contributed by atoms with Gasteiger partial charge in [-0.3, -0.25) is 0 Å². The Labute approximate surface area is 104 Å². The monoisotopic (exact) mass is 238 g/mol. The van der Waals surface area contributed by atoms with Crippen LogP contribution in [0, 0.1) is 5.82 Å². The highest BCUT2D eigenvalue weighted by molar-refractivity contribution is 5.15. The van der Waals surface area contributed by atoms with Crippen molar-refractivity contribution in [1.29, 1.82) is 0 Å². The Morgan fingerprint density at radius 1 is 1.35 bits per heavy atom. The van der Waals surface area contributed by atoms with E-state index in [0.717, 1.165) is 31.5 Å². The van der Waals surface area contributed by atoms with Gasteiger partial charge < -0.3 is 10.6 Å². The van der Waals surface area contributed by atoms with Crippen LogP contribution in [0.3, 0.4) is 0 Å². The summed E-state index contributed by atoms with van der Waals surface area (Å²) in [6.07, 6.45) is 2.07. The summed E-state index contributed by atoms with van der Waals surface area (Å²) in [6, 6.07) is 6.76. The number of nitrogens with zero attached hydrogens (tertiary/aromatic N) is 1. The molecule has 2 nitrogen and oxygen atoms in total. The van der Waals surface area contributed by atoms with Crippen molar-refractivity contribution in [1.82, 2.24) is 4.90 Å². The minimum absolute atomic E-state index is 0.0975. The summed E-state index contributed by atoms with van der Waals surface area (Å²) in [5.41, 5.74) is 6.84. The molecule has 0 saturated heterocycles. The number of nitrogens with two attached hydrogens (primary N) is 1. The first-order valence-corrected chi connectivity index (χ1v) is 6.09. The van der Waals surface area contributed by atoms with Gasteiger partial charge in [0.1, 0.15) is 5.82 Å². The predicted octanol–water partition coefficient (Wildman–Crippen LogP) is 2.78. The lowest BCUT2D eigenvalue weighted by Gasteiger charge is -2.21. The van der Waals surface area contributed by atoms with E-state index in [2.05, 4.69) is 11.9 Å². The molecule has 0 spiro atoms. The second-order valence-electron chi connectivity index (χ2n) is 5.46. The highest BCUT2D eigenvalue weighted by atomic mass is 19.1. The van der Waals surface area contributed by atoms with Crippen molar-refractivity contribution in [2.45, 2.75) is 38.8 Å². The Bertz CT molecular complexity index is 344. The van der Waals surface area contributed by atoms with Crippen molar-refractivity contribution in [2.24, 2.45) is 5.73 Å². The van der Waals surface area contributed by atoms with Crippen LogP contribution in [0.2, 0.25) is 0 Å². The summed E-state index contributed by atoms with van der Waals surface area (Å²) in [4.78, 5) is 2.19. The van der Waals surface area contributed by atoms with Gasteiger partial charge in [0.2, 0.25) is 0 Å². The average Bonchev–Trinajstić information content (AvgIpc) is 2.15. The van der Waals surface area contributed by atoms with E-state index < -0.39 is 0 Å². The fraction of sp³-hybridized carbons (Fsp3) is 0.571. The molecule has 3 heteroatoms. The van der Waals surface area contributed by atoms with Gasteiger partial charge in [-0.2, -0.15) is 0 Å². The van der Waals surface area contributed by atoms with Crippen LogP contribution in [0.1, 0.15) is 32.3 Å². The summed E-state index contributed by atoms with van der Waals surface area (Å²) in [7, 11) is 2.05. The normalized spacial score (nSPS) is 12.1. The van der Waals surface area contributed by atoms with Gasteiger partial charge in [-0.15, -0.1) is 0 Å². The maximum absolute atomic E-state index is 13.0. The molecule has 0 aromatic heterocycles. The molecule has 17 heavy (non-hydrogen) atoms. The minimum Gasteiger partial charge on any atom is -0.326 e. The lowest BCUT2D eigenvalue weighted by Crippen LogP contribution is -2.33. The Morgan fingerprint density at radius 3 is 2.65 bits per heavy atom. The van der Waals surface area contributed by atoms with Crippen molar-refractivity contribution >= 4 is 0 Å². The Kier molecular flexibility index (Phi) is 5.09. The number of rotatable bonds is 6. The third-order valence-electron chi connectivity index (χ3n) is 2.70. The van der Waals surface area contributed by atoms with Gasteiger partial charge in [0, 0.05) is 12.1 Å². The van der Waals surface area contributed by atoms with E-state index in [1.807, 2.05) is 19.9 Å². The molecule has 1 rings (SSSR count). The van der Waals surface area contributed by atoms with Gasteiger partial charge >= 0.3 is 0 Å². The zero-order valence-corrected chi connectivity index (χ0v) is 11.0. The molecule has 1 aromatic rings. The standard InChI is InChI=1S/C14H23FN2/c1-14(2,16)8-5-9-17(3)11-12-6-4-7-13(15)10-12/h4,6-7,10H,5,8-9,11,16H2,1-3H3. The maximum Gasteiger partial charge on any atom is 0.123 e. The first kappa shape index (κ1) is 14.1. The van der Waals surface area contributed by atoms with E-state index in [4.69, 9.17) is 5.73 Å². The van der Waals surface area contributed by atoms with Gasteiger partial charge in [0.25, 0.3) is 0 Å². The van der Waals surface area contributed by atoms with Crippen LogP contribution >= 0.6 is 0 Å². The fourth-order valence-corrected chi connectivity index (χ4v) is 1.83. The number of benzene rings is 1. The SMILES string of the molecule is CN(CCCC(C)(C)N)Cc1cccc(F)c1. The van der Waals surface area contributed by atoms with Crippen LogP contribution in [-0.2, 0) is 6.54 Å². The number of hydrogen-bond acceptors (Lipinski definition) is 2. The Balaban J connectivity index is 2.32. The zero-order valence-electron chi connectivity index (χ0n) is 11.0. The minimum atomic E-state index is -0.168. The lowest BCUT2D eigenvalue weighted by molar-refractivity contribution is 0.302. The second kappa shape index (κ2) is 6.12. The molecule has 1 aromatic carbocycles. The van der Waals surface area contributed by atoms with Gasteiger partial charge in [-0.05, 0) is 58.0 Å². The van der Waals surface area contributed by atoms with Crippen LogP contribution in [0.15, 0.2) is 24.3 Å². The summed E-state index contributed by atoms with van der Waals surface area (Å²) in [5.74, 6) is -0.168. The summed E-state index contributed by atoms with van der Waals surface area (Å²) >= 11 is 0. The van der Waals surface area contributed by atoms with Gasteiger partial charge in [0.05, 0.1) is 0 Å². The maximum atomic E-state index is 13.0.